The molecule has 3 rings (SSSR count). The van der Waals surface area contributed by atoms with Crippen molar-refractivity contribution in [3.8, 4) is 16.8 Å². The molecular formula is C19H18FN2. The summed E-state index contributed by atoms with van der Waals surface area (Å²) in [6.07, 6.45) is 5.06. The molecule has 1 radical (unpaired) electrons. The Kier molecular flexibility index (Phi) is 4.05. The van der Waals surface area contributed by atoms with E-state index in [1.807, 2.05) is 35.1 Å². The molecule has 0 spiro atoms. The molecule has 0 N–H and O–H groups in total. The van der Waals surface area contributed by atoms with Crippen LogP contribution in [0.2, 0.25) is 0 Å². The quantitative estimate of drug-likeness (QED) is 0.665. The third-order valence-electron chi connectivity index (χ3n) is 3.76. The number of nitrogens with zero attached hydrogens (tertiary/aromatic N) is 2. The molecule has 3 aromatic rings. The van der Waals surface area contributed by atoms with Gasteiger partial charge in [0.25, 0.3) is 0 Å². The lowest BCUT2D eigenvalue weighted by Crippen LogP contribution is -1.99. The average Bonchev–Trinajstić information content (AvgIpc) is 2.90. The number of aromatic nitrogens is 2. The zero-order valence-electron chi connectivity index (χ0n) is 12.8. The predicted molar refractivity (Wildman–Crippen MR) is 87.4 cm³/mol. The fraction of sp³-hybridized carbons (Fsp3) is 0.158. The van der Waals surface area contributed by atoms with Gasteiger partial charge in [-0.25, -0.2) is 9.07 Å². The molecule has 0 aliphatic heterocycles. The molecule has 1 aromatic heterocycles. The molecule has 0 bridgehead atoms. The Labute approximate surface area is 130 Å². The lowest BCUT2D eigenvalue weighted by atomic mass is 10.1. The molecule has 0 amide bonds. The van der Waals surface area contributed by atoms with Crippen LogP contribution >= 0.6 is 0 Å². The third-order valence-corrected chi connectivity index (χ3v) is 3.76. The van der Waals surface area contributed by atoms with E-state index in [-0.39, 0.29) is 5.82 Å². The first-order valence-corrected chi connectivity index (χ1v) is 7.43. The first-order chi connectivity index (χ1) is 10.7. The van der Waals surface area contributed by atoms with Crippen molar-refractivity contribution in [2.45, 2.75) is 20.3 Å². The van der Waals surface area contributed by atoms with Gasteiger partial charge in [0.05, 0.1) is 11.9 Å². The molecule has 0 fully saturated rings. The summed E-state index contributed by atoms with van der Waals surface area (Å²) in [5.41, 5.74) is 5.40. The van der Waals surface area contributed by atoms with Crippen LogP contribution in [-0.4, -0.2) is 9.78 Å². The van der Waals surface area contributed by atoms with Crippen molar-refractivity contribution in [1.82, 2.24) is 9.78 Å². The van der Waals surface area contributed by atoms with E-state index in [1.54, 1.807) is 12.1 Å². The zero-order chi connectivity index (χ0) is 15.5. The maximum absolute atomic E-state index is 13.0. The Morgan fingerprint density at radius 1 is 1.00 bits per heavy atom. The fourth-order valence-electron chi connectivity index (χ4n) is 2.54. The van der Waals surface area contributed by atoms with E-state index in [1.165, 1.54) is 17.7 Å². The van der Waals surface area contributed by atoms with Gasteiger partial charge in [-0.2, -0.15) is 5.10 Å². The summed E-state index contributed by atoms with van der Waals surface area (Å²) < 4.78 is 14.9. The Bertz CT molecular complexity index is 755. The second kappa shape index (κ2) is 6.14. The van der Waals surface area contributed by atoms with Gasteiger partial charge < -0.3 is 0 Å². The largest absolute Gasteiger partial charge is 0.238 e. The van der Waals surface area contributed by atoms with E-state index in [0.29, 0.717) is 0 Å². The van der Waals surface area contributed by atoms with E-state index < -0.39 is 0 Å². The van der Waals surface area contributed by atoms with E-state index in [9.17, 15) is 4.39 Å². The highest BCUT2D eigenvalue weighted by Gasteiger charge is 2.07. The van der Waals surface area contributed by atoms with Crippen LogP contribution in [0.4, 0.5) is 4.39 Å². The van der Waals surface area contributed by atoms with Gasteiger partial charge in [0.15, 0.2) is 0 Å². The number of hydrogen-bond donors (Lipinski definition) is 0. The van der Waals surface area contributed by atoms with E-state index in [2.05, 4.69) is 25.4 Å². The molecule has 3 heteroatoms. The Morgan fingerprint density at radius 2 is 1.59 bits per heavy atom. The van der Waals surface area contributed by atoms with Gasteiger partial charge in [0.2, 0.25) is 0 Å². The van der Waals surface area contributed by atoms with Crippen molar-refractivity contribution in [1.29, 1.82) is 0 Å². The highest BCUT2D eigenvalue weighted by molar-refractivity contribution is 5.64. The van der Waals surface area contributed by atoms with Gasteiger partial charge in [0.1, 0.15) is 5.82 Å². The molecule has 22 heavy (non-hydrogen) atoms. The molecule has 2 aromatic carbocycles. The van der Waals surface area contributed by atoms with Crippen LogP contribution in [0.1, 0.15) is 24.6 Å². The fourth-order valence-corrected chi connectivity index (χ4v) is 2.54. The van der Waals surface area contributed by atoms with Crippen LogP contribution in [0.25, 0.3) is 16.8 Å². The van der Waals surface area contributed by atoms with Crippen molar-refractivity contribution in [2.24, 2.45) is 0 Å². The minimum absolute atomic E-state index is 0.216. The summed E-state index contributed by atoms with van der Waals surface area (Å²) in [4.78, 5) is 0. The topological polar surface area (TPSA) is 17.8 Å². The van der Waals surface area contributed by atoms with Crippen LogP contribution in [-0.2, 0) is 0 Å². The Balaban J connectivity index is 1.89. The molecule has 111 valence electrons. The molecule has 0 saturated carbocycles. The van der Waals surface area contributed by atoms with Crippen LogP contribution in [0.5, 0.6) is 0 Å². The molecule has 2 nitrogen and oxygen atoms in total. The van der Waals surface area contributed by atoms with Crippen molar-refractivity contribution in [2.75, 3.05) is 0 Å². The minimum atomic E-state index is -0.216. The predicted octanol–water partition coefficient (Wildman–Crippen LogP) is 4.95. The lowest BCUT2D eigenvalue weighted by Gasteiger charge is -2.07. The summed E-state index contributed by atoms with van der Waals surface area (Å²) in [5.74, 6) is -0.216. The molecule has 0 atom stereocenters. The standard InChI is InChI=1S/C19H18FN2/c1-3-4-17-13-21-22(14(17)2)19-11-7-16(8-12-19)15-5-9-18(20)10-6-15/h4-13H,3H2,1-2H3. The number of benzene rings is 2. The molecule has 1 heterocycles. The second-order valence-corrected chi connectivity index (χ2v) is 5.26. The minimum Gasteiger partial charge on any atom is -0.238 e. The SMILES string of the molecule is CC[CH]c1cnn(-c2ccc(-c3ccc(F)cc3)cc2)c1C. The second-order valence-electron chi connectivity index (χ2n) is 5.26. The highest BCUT2D eigenvalue weighted by atomic mass is 19.1. The van der Waals surface area contributed by atoms with Crippen LogP contribution in [0.15, 0.2) is 54.7 Å². The van der Waals surface area contributed by atoms with E-state index in [0.717, 1.165) is 28.9 Å². The molecule has 0 aliphatic rings. The molecule has 0 unspecified atom stereocenters. The Morgan fingerprint density at radius 3 is 2.18 bits per heavy atom. The van der Waals surface area contributed by atoms with Crippen LogP contribution < -0.4 is 0 Å². The number of halogens is 1. The maximum Gasteiger partial charge on any atom is 0.123 e. The van der Waals surface area contributed by atoms with Crippen LogP contribution in [0.3, 0.4) is 0 Å². The molecular weight excluding hydrogens is 275 g/mol. The molecule has 0 aliphatic carbocycles. The maximum atomic E-state index is 13.0. The van der Waals surface area contributed by atoms with Gasteiger partial charge in [-0.1, -0.05) is 31.2 Å². The van der Waals surface area contributed by atoms with Crippen LogP contribution in [0, 0.1) is 19.2 Å². The summed E-state index contributed by atoms with van der Waals surface area (Å²) in [6.45, 7) is 4.19. The monoisotopic (exact) mass is 293 g/mol. The van der Waals surface area contributed by atoms with Crippen molar-refractivity contribution >= 4 is 0 Å². The van der Waals surface area contributed by atoms with Crippen molar-refractivity contribution in [3.63, 3.8) is 0 Å². The summed E-state index contributed by atoms with van der Waals surface area (Å²) in [7, 11) is 0. The van der Waals surface area contributed by atoms with Gasteiger partial charge in [0, 0.05) is 5.69 Å². The van der Waals surface area contributed by atoms with E-state index in [4.69, 9.17) is 0 Å². The van der Waals surface area contributed by atoms with Gasteiger partial charge in [-0.15, -0.1) is 0 Å². The summed E-state index contributed by atoms with van der Waals surface area (Å²) in [6, 6.07) is 14.7. The van der Waals surface area contributed by atoms with Crippen molar-refractivity contribution < 1.29 is 4.39 Å². The van der Waals surface area contributed by atoms with Gasteiger partial charge in [-0.3, -0.25) is 0 Å². The summed E-state index contributed by atoms with van der Waals surface area (Å²) >= 11 is 0. The first kappa shape index (κ1) is 14.5. The van der Waals surface area contributed by atoms with Gasteiger partial charge in [-0.05, 0) is 60.7 Å². The summed E-state index contributed by atoms with van der Waals surface area (Å²) in [5, 5.41) is 4.45. The number of rotatable bonds is 4. The number of hydrogen-bond acceptors (Lipinski definition) is 1. The molecule has 0 saturated heterocycles. The zero-order valence-corrected chi connectivity index (χ0v) is 12.8. The van der Waals surface area contributed by atoms with Gasteiger partial charge >= 0.3 is 0 Å². The third kappa shape index (κ3) is 2.80. The van der Waals surface area contributed by atoms with Crippen molar-refractivity contribution in [3.05, 3.63) is 78.2 Å². The smallest absolute Gasteiger partial charge is 0.123 e. The Hall–Kier alpha value is -2.42. The average molecular weight is 293 g/mol. The lowest BCUT2D eigenvalue weighted by molar-refractivity contribution is 0.628. The highest BCUT2D eigenvalue weighted by Crippen LogP contribution is 2.22. The normalized spacial score (nSPS) is 10.9. The van der Waals surface area contributed by atoms with E-state index >= 15 is 0 Å². The first-order valence-electron chi connectivity index (χ1n) is 7.43.